The molecular weight excluding hydrogens is 248 g/mol. The van der Waals surface area contributed by atoms with Crippen molar-refractivity contribution in [3.05, 3.63) is 0 Å². The summed E-state index contributed by atoms with van der Waals surface area (Å²) >= 11 is 0. The van der Waals surface area contributed by atoms with E-state index >= 15 is 0 Å². The normalized spacial score (nSPS) is 26.6. The van der Waals surface area contributed by atoms with Gasteiger partial charge in [-0.25, -0.2) is 0 Å². The summed E-state index contributed by atoms with van der Waals surface area (Å²) in [6.45, 7) is 8.79. The molecule has 1 atom stereocenters. The molecule has 1 unspecified atom stereocenters. The Morgan fingerprint density at radius 2 is 2.00 bits per heavy atom. The van der Waals surface area contributed by atoms with E-state index in [2.05, 4.69) is 18.7 Å². The molecule has 0 aromatic heterocycles. The molecule has 3 heteroatoms. The average Bonchev–Trinajstić information content (AvgIpc) is 2.44. The van der Waals surface area contributed by atoms with Crippen molar-refractivity contribution < 1.29 is 4.74 Å². The van der Waals surface area contributed by atoms with Crippen LogP contribution in [0.3, 0.4) is 0 Å². The van der Waals surface area contributed by atoms with Gasteiger partial charge in [-0.3, -0.25) is 4.90 Å². The maximum atomic E-state index is 6.24. The van der Waals surface area contributed by atoms with Gasteiger partial charge in [-0.2, -0.15) is 0 Å². The largest absolute Gasteiger partial charge is 0.375 e. The van der Waals surface area contributed by atoms with Gasteiger partial charge in [-0.05, 0) is 51.1 Å². The lowest BCUT2D eigenvalue weighted by Crippen LogP contribution is -2.50. The first-order valence-electron chi connectivity index (χ1n) is 8.73. The van der Waals surface area contributed by atoms with Gasteiger partial charge in [-0.1, -0.05) is 33.1 Å². The van der Waals surface area contributed by atoms with E-state index in [1.54, 1.807) is 0 Å². The van der Waals surface area contributed by atoms with Gasteiger partial charge in [0.05, 0.1) is 5.60 Å². The molecule has 20 heavy (non-hydrogen) atoms. The van der Waals surface area contributed by atoms with Crippen LogP contribution in [-0.2, 0) is 4.74 Å². The predicted molar refractivity (Wildman–Crippen MR) is 84.9 cm³/mol. The van der Waals surface area contributed by atoms with Gasteiger partial charge in [0.25, 0.3) is 0 Å². The fraction of sp³-hybridized carbons (Fsp3) is 1.00. The molecule has 1 saturated heterocycles. The Bertz CT molecular complexity index is 269. The number of hydrogen-bond acceptors (Lipinski definition) is 3. The SMILES string of the molecule is CC(C)CN(CCCN)C1CCOC2(CCCCC2)C1. The molecule has 1 spiro atoms. The van der Waals surface area contributed by atoms with E-state index in [9.17, 15) is 0 Å². The fourth-order valence-corrected chi connectivity index (χ4v) is 4.04. The van der Waals surface area contributed by atoms with E-state index in [1.807, 2.05) is 0 Å². The summed E-state index contributed by atoms with van der Waals surface area (Å²) in [7, 11) is 0. The van der Waals surface area contributed by atoms with Crippen LogP contribution in [0.1, 0.15) is 65.2 Å². The van der Waals surface area contributed by atoms with E-state index < -0.39 is 0 Å². The van der Waals surface area contributed by atoms with Crippen LogP contribution in [0.2, 0.25) is 0 Å². The van der Waals surface area contributed by atoms with Crippen LogP contribution in [0.4, 0.5) is 0 Å². The Balaban J connectivity index is 1.96. The third-order valence-corrected chi connectivity index (χ3v) is 5.00. The summed E-state index contributed by atoms with van der Waals surface area (Å²) in [4.78, 5) is 2.70. The molecule has 2 N–H and O–H groups in total. The van der Waals surface area contributed by atoms with E-state index in [1.165, 1.54) is 51.5 Å². The van der Waals surface area contributed by atoms with E-state index in [-0.39, 0.29) is 5.60 Å². The zero-order valence-corrected chi connectivity index (χ0v) is 13.6. The van der Waals surface area contributed by atoms with E-state index in [0.717, 1.165) is 38.1 Å². The van der Waals surface area contributed by atoms with Crippen molar-refractivity contribution >= 4 is 0 Å². The number of nitrogens with two attached hydrogens (primary N) is 1. The smallest absolute Gasteiger partial charge is 0.0697 e. The molecular formula is C17H34N2O. The van der Waals surface area contributed by atoms with Crippen molar-refractivity contribution in [2.45, 2.75) is 76.9 Å². The summed E-state index contributed by atoms with van der Waals surface area (Å²) in [6, 6.07) is 0.718. The summed E-state index contributed by atoms with van der Waals surface area (Å²) in [6.07, 6.45) is 10.3. The molecule has 0 amide bonds. The maximum Gasteiger partial charge on any atom is 0.0697 e. The highest BCUT2D eigenvalue weighted by atomic mass is 16.5. The van der Waals surface area contributed by atoms with Gasteiger partial charge in [0.2, 0.25) is 0 Å². The fourth-order valence-electron chi connectivity index (χ4n) is 4.04. The molecule has 3 nitrogen and oxygen atoms in total. The molecule has 2 fully saturated rings. The number of nitrogens with zero attached hydrogens (tertiary/aromatic N) is 1. The standard InChI is InChI=1S/C17H34N2O/c1-15(2)14-19(11-6-10-18)16-7-12-20-17(13-16)8-4-3-5-9-17/h15-16H,3-14,18H2,1-2H3. The minimum absolute atomic E-state index is 0.221. The third kappa shape index (κ3) is 4.44. The summed E-state index contributed by atoms with van der Waals surface area (Å²) < 4.78 is 6.24. The zero-order chi connectivity index (χ0) is 14.4. The molecule has 1 heterocycles. The molecule has 2 aliphatic rings. The Labute approximate surface area is 125 Å². The van der Waals surface area contributed by atoms with Crippen molar-refractivity contribution in [1.82, 2.24) is 4.90 Å². The second-order valence-corrected chi connectivity index (χ2v) is 7.27. The molecule has 1 aliphatic heterocycles. The van der Waals surface area contributed by atoms with Gasteiger partial charge in [0.1, 0.15) is 0 Å². The Kier molecular flexibility index (Phi) is 6.31. The van der Waals surface area contributed by atoms with E-state index in [0.29, 0.717) is 0 Å². The molecule has 0 radical (unpaired) electrons. The lowest BCUT2D eigenvalue weighted by atomic mass is 9.78. The number of rotatable bonds is 6. The van der Waals surface area contributed by atoms with Crippen LogP contribution in [-0.4, -0.2) is 42.8 Å². The number of hydrogen-bond donors (Lipinski definition) is 1. The van der Waals surface area contributed by atoms with E-state index in [4.69, 9.17) is 10.5 Å². The molecule has 0 bridgehead atoms. The highest BCUT2D eigenvalue weighted by Gasteiger charge is 2.40. The summed E-state index contributed by atoms with van der Waals surface area (Å²) in [5.41, 5.74) is 5.94. The molecule has 1 saturated carbocycles. The first-order valence-corrected chi connectivity index (χ1v) is 8.73. The zero-order valence-electron chi connectivity index (χ0n) is 13.6. The van der Waals surface area contributed by atoms with Crippen LogP contribution in [0.15, 0.2) is 0 Å². The maximum absolute atomic E-state index is 6.24. The summed E-state index contributed by atoms with van der Waals surface area (Å²) in [5, 5.41) is 0. The van der Waals surface area contributed by atoms with Crippen LogP contribution in [0.5, 0.6) is 0 Å². The Morgan fingerprint density at radius 3 is 2.65 bits per heavy atom. The van der Waals surface area contributed by atoms with Crippen LogP contribution in [0, 0.1) is 5.92 Å². The lowest BCUT2D eigenvalue weighted by Gasteiger charge is -2.47. The average molecular weight is 282 g/mol. The van der Waals surface area contributed by atoms with Gasteiger partial charge in [-0.15, -0.1) is 0 Å². The van der Waals surface area contributed by atoms with Gasteiger partial charge < -0.3 is 10.5 Å². The molecule has 0 aromatic carbocycles. The van der Waals surface area contributed by atoms with Crippen molar-refractivity contribution in [2.24, 2.45) is 11.7 Å². The van der Waals surface area contributed by atoms with Crippen molar-refractivity contribution in [3.8, 4) is 0 Å². The first-order chi connectivity index (χ1) is 9.65. The van der Waals surface area contributed by atoms with Gasteiger partial charge >= 0.3 is 0 Å². The second-order valence-electron chi connectivity index (χ2n) is 7.27. The molecule has 1 aliphatic carbocycles. The minimum atomic E-state index is 0.221. The minimum Gasteiger partial charge on any atom is -0.375 e. The summed E-state index contributed by atoms with van der Waals surface area (Å²) in [5.74, 6) is 0.734. The van der Waals surface area contributed by atoms with Crippen LogP contribution < -0.4 is 5.73 Å². The van der Waals surface area contributed by atoms with Crippen LogP contribution >= 0.6 is 0 Å². The van der Waals surface area contributed by atoms with Crippen molar-refractivity contribution in [2.75, 3.05) is 26.2 Å². The van der Waals surface area contributed by atoms with Crippen molar-refractivity contribution in [3.63, 3.8) is 0 Å². The lowest BCUT2D eigenvalue weighted by molar-refractivity contribution is -0.125. The highest BCUT2D eigenvalue weighted by molar-refractivity contribution is 4.93. The molecule has 0 aromatic rings. The Morgan fingerprint density at radius 1 is 1.25 bits per heavy atom. The van der Waals surface area contributed by atoms with Gasteiger partial charge in [0, 0.05) is 19.2 Å². The molecule has 2 rings (SSSR count). The first kappa shape index (κ1) is 16.3. The monoisotopic (exact) mass is 282 g/mol. The third-order valence-electron chi connectivity index (χ3n) is 5.00. The highest BCUT2D eigenvalue weighted by Crippen LogP contribution is 2.39. The topological polar surface area (TPSA) is 38.5 Å². The van der Waals surface area contributed by atoms with Gasteiger partial charge in [0.15, 0.2) is 0 Å². The second kappa shape index (κ2) is 7.77. The predicted octanol–water partition coefficient (Wildman–Crippen LogP) is 3.18. The quantitative estimate of drug-likeness (QED) is 0.813. The number of ether oxygens (including phenoxy) is 1. The Hall–Kier alpha value is -0.120. The molecule has 118 valence electrons. The van der Waals surface area contributed by atoms with Crippen molar-refractivity contribution in [1.29, 1.82) is 0 Å². The van der Waals surface area contributed by atoms with Crippen LogP contribution in [0.25, 0.3) is 0 Å².